The zero-order chi connectivity index (χ0) is 12.8. The van der Waals surface area contributed by atoms with Gasteiger partial charge in [-0.25, -0.2) is 4.57 Å². The van der Waals surface area contributed by atoms with Crippen molar-refractivity contribution in [1.29, 1.82) is 0 Å². The van der Waals surface area contributed by atoms with E-state index in [4.69, 9.17) is 18.7 Å². The Hall–Kier alpha value is -0.710. The molecule has 1 aliphatic heterocycles. The van der Waals surface area contributed by atoms with Crippen LogP contribution in [0.4, 0.5) is 0 Å². The predicted octanol–water partition coefficient (Wildman–Crippen LogP) is 2.36. The van der Waals surface area contributed by atoms with Gasteiger partial charge in [-0.2, -0.15) is 0 Å². The number of rotatable bonds is 5. The molecule has 1 fully saturated rings. The average molecular weight is 272 g/mol. The first kappa shape index (κ1) is 13.7. The zero-order valence-electron chi connectivity index (χ0n) is 10.0. The summed E-state index contributed by atoms with van der Waals surface area (Å²) in [6.45, 7) is 0.870. The molecular formula is C12H17O5P. The molecule has 1 N–H and O–H groups in total. The van der Waals surface area contributed by atoms with Crippen LogP contribution in [0, 0.1) is 5.92 Å². The van der Waals surface area contributed by atoms with Crippen molar-refractivity contribution in [1.82, 2.24) is 0 Å². The third kappa shape index (κ3) is 3.90. The summed E-state index contributed by atoms with van der Waals surface area (Å²) < 4.78 is 27.6. The Morgan fingerprint density at radius 3 is 2.56 bits per heavy atom. The lowest BCUT2D eigenvalue weighted by atomic mass is 10.1. The van der Waals surface area contributed by atoms with Crippen molar-refractivity contribution in [3.05, 3.63) is 35.9 Å². The van der Waals surface area contributed by atoms with Crippen LogP contribution in [0.15, 0.2) is 30.3 Å². The van der Waals surface area contributed by atoms with Crippen LogP contribution in [-0.2, 0) is 24.7 Å². The molecule has 6 heteroatoms. The number of phosphoric acid groups is 1. The normalized spacial score (nSPS) is 28.2. The Kier molecular flexibility index (Phi) is 4.92. The highest BCUT2D eigenvalue weighted by molar-refractivity contribution is 7.48. The summed E-state index contributed by atoms with van der Waals surface area (Å²) in [4.78, 5) is 0. The Morgan fingerprint density at radius 2 is 1.94 bits per heavy atom. The van der Waals surface area contributed by atoms with Crippen LogP contribution < -0.4 is 0 Å². The van der Waals surface area contributed by atoms with Crippen molar-refractivity contribution in [2.24, 2.45) is 5.92 Å². The van der Waals surface area contributed by atoms with Crippen molar-refractivity contribution >= 4 is 7.82 Å². The van der Waals surface area contributed by atoms with Crippen LogP contribution in [0.5, 0.6) is 0 Å². The Balaban J connectivity index is 1.81. The fourth-order valence-electron chi connectivity index (χ4n) is 1.63. The Labute approximate surface area is 106 Å². The van der Waals surface area contributed by atoms with E-state index in [1.54, 1.807) is 0 Å². The van der Waals surface area contributed by atoms with E-state index < -0.39 is 7.82 Å². The molecule has 100 valence electrons. The van der Waals surface area contributed by atoms with Crippen LogP contribution in [0.1, 0.15) is 12.0 Å². The zero-order valence-corrected chi connectivity index (χ0v) is 10.9. The van der Waals surface area contributed by atoms with E-state index in [9.17, 15) is 4.57 Å². The summed E-state index contributed by atoms with van der Waals surface area (Å²) in [6, 6.07) is 9.43. The maximum Gasteiger partial charge on any atom is 0.475 e. The van der Waals surface area contributed by atoms with Gasteiger partial charge in [0.15, 0.2) is 0 Å². The van der Waals surface area contributed by atoms with E-state index in [1.807, 2.05) is 30.3 Å². The number of phosphoric ester groups is 1. The van der Waals surface area contributed by atoms with Gasteiger partial charge in [0.05, 0.1) is 19.8 Å². The molecule has 1 aromatic rings. The molecule has 0 amide bonds. The van der Waals surface area contributed by atoms with Gasteiger partial charge >= 0.3 is 7.82 Å². The van der Waals surface area contributed by atoms with Crippen molar-refractivity contribution in [2.45, 2.75) is 13.0 Å². The van der Waals surface area contributed by atoms with E-state index in [1.165, 1.54) is 0 Å². The number of hydrogen-bond acceptors (Lipinski definition) is 5. The highest BCUT2D eigenvalue weighted by atomic mass is 31.2. The van der Waals surface area contributed by atoms with E-state index >= 15 is 0 Å². The second-order valence-electron chi connectivity index (χ2n) is 4.18. The first-order valence-electron chi connectivity index (χ1n) is 5.90. The van der Waals surface area contributed by atoms with Crippen LogP contribution in [0.25, 0.3) is 0 Å². The van der Waals surface area contributed by atoms with Gasteiger partial charge in [0.1, 0.15) is 0 Å². The fraction of sp³-hybridized carbons (Fsp3) is 0.500. The fourth-order valence-corrected chi connectivity index (χ4v) is 2.95. The molecule has 1 saturated heterocycles. The van der Waals surface area contributed by atoms with Crippen molar-refractivity contribution in [2.75, 3.05) is 19.8 Å². The summed E-state index contributed by atoms with van der Waals surface area (Å²) in [7, 11) is -3.42. The maximum absolute atomic E-state index is 12.0. The SMILES string of the molecule is O=P1(OCc2ccccc2)OCC(CCO)CO1. The molecular weight excluding hydrogens is 255 g/mol. The van der Waals surface area contributed by atoms with Gasteiger partial charge in [0, 0.05) is 12.5 Å². The van der Waals surface area contributed by atoms with Crippen molar-refractivity contribution < 1.29 is 23.2 Å². The molecule has 0 radical (unpaired) electrons. The van der Waals surface area contributed by atoms with Gasteiger partial charge in [-0.15, -0.1) is 0 Å². The highest BCUT2D eigenvalue weighted by Gasteiger charge is 2.33. The summed E-state index contributed by atoms with van der Waals surface area (Å²) in [5, 5.41) is 8.79. The number of aliphatic hydroxyl groups excluding tert-OH is 1. The standard InChI is InChI=1S/C12H17O5P/c13-7-6-12-9-16-18(14,17-10-12)15-8-11-4-2-1-3-5-11/h1-5,12-13H,6-10H2. The largest absolute Gasteiger partial charge is 0.475 e. The van der Waals surface area contributed by atoms with E-state index in [0.29, 0.717) is 19.6 Å². The lowest BCUT2D eigenvalue weighted by Gasteiger charge is -2.27. The average Bonchev–Trinajstić information content (AvgIpc) is 2.41. The minimum atomic E-state index is -3.42. The molecule has 0 aromatic heterocycles. The molecule has 18 heavy (non-hydrogen) atoms. The minimum absolute atomic E-state index is 0.0760. The molecule has 0 saturated carbocycles. The molecule has 5 nitrogen and oxygen atoms in total. The summed E-state index contributed by atoms with van der Waals surface area (Å²) in [6.07, 6.45) is 0.582. The third-order valence-electron chi connectivity index (χ3n) is 2.71. The number of benzene rings is 1. The molecule has 0 bridgehead atoms. The van der Waals surface area contributed by atoms with E-state index in [2.05, 4.69) is 0 Å². The van der Waals surface area contributed by atoms with Crippen LogP contribution in [0.3, 0.4) is 0 Å². The smallest absolute Gasteiger partial charge is 0.396 e. The molecule has 0 unspecified atom stereocenters. The summed E-state index contributed by atoms with van der Waals surface area (Å²) in [5.41, 5.74) is 0.914. The first-order chi connectivity index (χ1) is 8.72. The van der Waals surface area contributed by atoms with Crippen LogP contribution in [0.2, 0.25) is 0 Å². The van der Waals surface area contributed by atoms with E-state index in [0.717, 1.165) is 5.56 Å². The van der Waals surface area contributed by atoms with Crippen LogP contribution in [-0.4, -0.2) is 24.9 Å². The van der Waals surface area contributed by atoms with Crippen LogP contribution >= 0.6 is 7.82 Å². The maximum atomic E-state index is 12.0. The topological polar surface area (TPSA) is 65.0 Å². The second kappa shape index (κ2) is 6.45. The van der Waals surface area contributed by atoms with Crippen molar-refractivity contribution in [3.8, 4) is 0 Å². The first-order valence-corrected chi connectivity index (χ1v) is 7.36. The number of hydrogen-bond donors (Lipinski definition) is 1. The van der Waals surface area contributed by atoms with Gasteiger partial charge < -0.3 is 5.11 Å². The van der Waals surface area contributed by atoms with E-state index in [-0.39, 0.29) is 19.1 Å². The minimum Gasteiger partial charge on any atom is -0.396 e. The van der Waals surface area contributed by atoms with Gasteiger partial charge in [0.25, 0.3) is 0 Å². The lowest BCUT2D eigenvalue weighted by Crippen LogP contribution is -2.22. The second-order valence-corrected chi connectivity index (χ2v) is 5.85. The molecule has 0 aliphatic carbocycles. The summed E-state index contributed by atoms with van der Waals surface area (Å²) >= 11 is 0. The van der Waals surface area contributed by atoms with Gasteiger partial charge in [-0.3, -0.25) is 13.6 Å². The van der Waals surface area contributed by atoms with Gasteiger partial charge in [-0.05, 0) is 12.0 Å². The summed E-state index contributed by atoms with van der Waals surface area (Å²) in [5.74, 6) is 0.0809. The van der Waals surface area contributed by atoms with Gasteiger partial charge in [-0.1, -0.05) is 30.3 Å². The lowest BCUT2D eigenvalue weighted by molar-refractivity contribution is 0.0280. The predicted molar refractivity (Wildman–Crippen MR) is 65.9 cm³/mol. The van der Waals surface area contributed by atoms with Crippen molar-refractivity contribution in [3.63, 3.8) is 0 Å². The molecule has 0 atom stereocenters. The molecule has 1 aliphatic rings. The third-order valence-corrected chi connectivity index (χ3v) is 4.08. The number of aliphatic hydroxyl groups is 1. The quantitative estimate of drug-likeness (QED) is 0.833. The molecule has 2 rings (SSSR count). The monoisotopic (exact) mass is 272 g/mol. The van der Waals surface area contributed by atoms with Gasteiger partial charge in [0.2, 0.25) is 0 Å². The highest BCUT2D eigenvalue weighted by Crippen LogP contribution is 2.53. The molecule has 1 aromatic carbocycles. The molecule has 0 spiro atoms. The Morgan fingerprint density at radius 1 is 1.28 bits per heavy atom. The Bertz CT molecular complexity index is 396. The molecule has 1 heterocycles.